The van der Waals surface area contributed by atoms with Gasteiger partial charge in [-0.3, -0.25) is 0 Å². The Kier molecular flexibility index (Phi) is 4.01. The summed E-state index contributed by atoms with van der Waals surface area (Å²) in [5.74, 6) is 0.236. The van der Waals surface area contributed by atoms with E-state index in [-0.39, 0.29) is 12.4 Å². The number of hydrogen-bond acceptors (Lipinski definition) is 3. The Labute approximate surface area is 127 Å². The summed E-state index contributed by atoms with van der Waals surface area (Å²) in [5.41, 5.74) is 1.14. The molecule has 3 nitrogen and oxygen atoms in total. The van der Waals surface area contributed by atoms with E-state index >= 15 is 0 Å². The van der Waals surface area contributed by atoms with Crippen LogP contribution in [0.2, 0.25) is 0 Å². The van der Waals surface area contributed by atoms with Crippen LogP contribution in [-0.4, -0.2) is 11.4 Å². The molecule has 3 aromatic rings. The first kappa shape index (κ1) is 14.1. The molecule has 0 heterocycles. The van der Waals surface area contributed by atoms with E-state index < -0.39 is 0 Å². The van der Waals surface area contributed by atoms with Gasteiger partial charge in [-0.15, -0.1) is 0 Å². The first-order valence-corrected chi connectivity index (χ1v) is 6.85. The molecule has 1 N–H and O–H groups in total. The largest absolute Gasteiger partial charge is 0.488 e. The summed E-state index contributed by atoms with van der Waals surface area (Å²) in [6, 6.07) is 17.9. The molecule has 0 saturated carbocycles. The number of benzene rings is 3. The molecule has 0 bridgehead atoms. The number of hydrogen-bond donors (Lipinski definition) is 1. The van der Waals surface area contributed by atoms with Crippen LogP contribution >= 0.6 is 0 Å². The molecule has 110 valence electrons. The summed E-state index contributed by atoms with van der Waals surface area (Å²) >= 11 is 0. The SMILES string of the molecule is ON=Cc1c(OCc2ccccc2F)ccc2ccccc12. The minimum absolute atomic E-state index is 0.108. The Morgan fingerprint density at radius 1 is 1.00 bits per heavy atom. The molecule has 0 aromatic heterocycles. The second kappa shape index (κ2) is 6.26. The van der Waals surface area contributed by atoms with Crippen LogP contribution in [0.5, 0.6) is 5.75 Å². The van der Waals surface area contributed by atoms with Crippen molar-refractivity contribution in [2.75, 3.05) is 0 Å². The second-order valence-electron chi connectivity index (χ2n) is 4.82. The fourth-order valence-corrected chi connectivity index (χ4v) is 2.36. The summed E-state index contributed by atoms with van der Waals surface area (Å²) in [5, 5.41) is 13.9. The highest BCUT2D eigenvalue weighted by Gasteiger charge is 2.09. The van der Waals surface area contributed by atoms with Crippen molar-refractivity contribution in [3.63, 3.8) is 0 Å². The van der Waals surface area contributed by atoms with Crippen LogP contribution in [0.15, 0.2) is 65.8 Å². The average Bonchev–Trinajstić information content (AvgIpc) is 2.55. The molecule has 0 aliphatic rings. The van der Waals surface area contributed by atoms with Gasteiger partial charge in [-0.1, -0.05) is 53.7 Å². The predicted molar refractivity (Wildman–Crippen MR) is 84.1 cm³/mol. The Morgan fingerprint density at radius 2 is 1.77 bits per heavy atom. The van der Waals surface area contributed by atoms with E-state index in [1.807, 2.05) is 30.3 Å². The highest BCUT2D eigenvalue weighted by molar-refractivity contribution is 6.02. The van der Waals surface area contributed by atoms with Gasteiger partial charge in [0, 0.05) is 11.1 Å². The van der Waals surface area contributed by atoms with Gasteiger partial charge >= 0.3 is 0 Å². The van der Waals surface area contributed by atoms with Crippen LogP contribution in [0.3, 0.4) is 0 Å². The number of nitrogens with zero attached hydrogens (tertiary/aromatic N) is 1. The maximum Gasteiger partial charge on any atom is 0.129 e. The monoisotopic (exact) mass is 295 g/mol. The third-order valence-electron chi connectivity index (χ3n) is 3.46. The minimum atomic E-state index is -0.305. The van der Waals surface area contributed by atoms with Crippen molar-refractivity contribution < 1.29 is 14.3 Å². The Balaban J connectivity index is 1.96. The molecule has 0 aliphatic carbocycles. The molecule has 3 rings (SSSR count). The topological polar surface area (TPSA) is 41.8 Å². The highest BCUT2D eigenvalue weighted by atomic mass is 19.1. The lowest BCUT2D eigenvalue weighted by molar-refractivity contribution is 0.298. The first-order valence-electron chi connectivity index (χ1n) is 6.85. The number of halogens is 1. The lowest BCUT2D eigenvalue weighted by atomic mass is 10.0. The smallest absolute Gasteiger partial charge is 0.129 e. The summed E-state index contributed by atoms with van der Waals surface area (Å²) in [6.45, 7) is 0.108. The summed E-state index contributed by atoms with van der Waals surface area (Å²) in [7, 11) is 0. The van der Waals surface area contributed by atoms with Crippen LogP contribution < -0.4 is 4.74 Å². The maximum atomic E-state index is 13.6. The van der Waals surface area contributed by atoms with Gasteiger partial charge in [0.2, 0.25) is 0 Å². The van der Waals surface area contributed by atoms with Crippen LogP contribution in [0.4, 0.5) is 4.39 Å². The van der Waals surface area contributed by atoms with Gasteiger partial charge in [-0.2, -0.15) is 0 Å². The van der Waals surface area contributed by atoms with Crippen molar-refractivity contribution in [1.82, 2.24) is 0 Å². The first-order chi connectivity index (χ1) is 10.8. The Morgan fingerprint density at radius 3 is 2.59 bits per heavy atom. The van der Waals surface area contributed by atoms with Gasteiger partial charge in [0.25, 0.3) is 0 Å². The van der Waals surface area contributed by atoms with E-state index in [0.29, 0.717) is 16.9 Å². The van der Waals surface area contributed by atoms with Gasteiger partial charge < -0.3 is 9.94 Å². The van der Waals surface area contributed by atoms with E-state index in [1.165, 1.54) is 12.3 Å². The van der Waals surface area contributed by atoms with Crippen LogP contribution in [0.1, 0.15) is 11.1 Å². The van der Waals surface area contributed by atoms with Crippen LogP contribution in [0.25, 0.3) is 10.8 Å². The maximum absolute atomic E-state index is 13.6. The van der Waals surface area contributed by atoms with Crippen molar-refractivity contribution in [3.05, 3.63) is 77.6 Å². The zero-order chi connectivity index (χ0) is 15.4. The van der Waals surface area contributed by atoms with Gasteiger partial charge in [0.1, 0.15) is 18.2 Å². The molecule has 0 unspecified atom stereocenters. The Bertz CT molecular complexity index is 830. The van der Waals surface area contributed by atoms with E-state index in [9.17, 15) is 4.39 Å². The van der Waals surface area contributed by atoms with Crippen LogP contribution in [0, 0.1) is 5.82 Å². The molecule has 0 saturated heterocycles. The molecule has 0 fully saturated rings. The zero-order valence-corrected chi connectivity index (χ0v) is 11.7. The normalized spacial score (nSPS) is 11.1. The van der Waals surface area contributed by atoms with Gasteiger partial charge in [-0.25, -0.2) is 4.39 Å². The predicted octanol–water partition coefficient (Wildman–Crippen LogP) is 4.37. The number of fused-ring (bicyclic) bond motifs is 1. The van der Waals surface area contributed by atoms with Crippen molar-refractivity contribution in [2.24, 2.45) is 5.16 Å². The molecule has 22 heavy (non-hydrogen) atoms. The third kappa shape index (κ3) is 2.76. The molecule has 0 radical (unpaired) electrons. The lowest BCUT2D eigenvalue weighted by Gasteiger charge is -2.12. The van der Waals surface area contributed by atoms with Crippen molar-refractivity contribution in [2.45, 2.75) is 6.61 Å². The van der Waals surface area contributed by atoms with Gasteiger partial charge in [0.15, 0.2) is 0 Å². The van der Waals surface area contributed by atoms with E-state index in [0.717, 1.165) is 10.8 Å². The summed E-state index contributed by atoms with van der Waals surface area (Å²) in [4.78, 5) is 0. The molecule has 3 aromatic carbocycles. The highest BCUT2D eigenvalue weighted by Crippen LogP contribution is 2.27. The van der Waals surface area contributed by atoms with Gasteiger partial charge in [0.05, 0.1) is 6.21 Å². The van der Waals surface area contributed by atoms with Crippen molar-refractivity contribution in [1.29, 1.82) is 0 Å². The molecule has 4 heteroatoms. The zero-order valence-electron chi connectivity index (χ0n) is 11.7. The lowest BCUT2D eigenvalue weighted by Crippen LogP contribution is -2.01. The third-order valence-corrected chi connectivity index (χ3v) is 3.46. The molecule has 0 aliphatic heterocycles. The van der Waals surface area contributed by atoms with E-state index in [2.05, 4.69) is 5.16 Å². The number of oxime groups is 1. The van der Waals surface area contributed by atoms with E-state index in [1.54, 1.807) is 24.3 Å². The molecular formula is C18H14FNO2. The Hall–Kier alpha value is -2.88. The van der Waals surface area contributed by atoms with Crippen molar-refractivity contribution >= 4 is 17.0 Å². The fourth-order valence-electron chi connectivity index (χ4n) is 2.36. The van der Waals surface area contributed by atoms with E-state index in [4.69, 9.17) is 9.94 Å². The molecular weight excluding hydrogens is 281 g/mol. The van der Waals surface area contributed by atoms with Gasteiger partial charge in [-0.05, 0) is 22.9 Å². The number of ether oxygens (including phenoxy) is 1. The molecule has 0 amide bonds. The summed E-state index contributed by atoms with van der Waals surface area (Å²) in [6.07, 6.45) is 1.33. The molecule has 0 atom stereocenters. The van der Waals surface area contributed by atoms with Crippen LogP contribution in [-0.2, 0) is 6.61 Å². The fraction of sp³-hybridized carbons (Fsp3) is 0.0556. The second-order valence-corrected chi connectivity index (χ2v) is 4.82. The summed E-state index contributed by atoms with van der Waals surface area (Å²) < 4.78 is 19.4. The molecule has 0 spiro atoms. The number of rotatable bonds is 4. The van der Waals surface area contributed by atoms with Crippen molar-refractivity contribution in [3.8, 4) is 5.75 Å². The average molecular weight is 295 g/mol. The quantitative estimate of drug-likeness (QED) is 0.441. The minimum Gasteiger partial charge on any atom is -0.488 e. The standard InChI is InChI=1S/C18H14FNO2/c19-17-8-4-2-6-14(17)12-22-18-10-9-13-5-1-3-7-15(13)16(18)11-20-21/h1-11,21H,12H2.